The first-order valence-electron chi connectivity index (χ1n) is 8.31. The number of rotatable bonds is 3. The molecule has 0 fully saturated rings. The van der Waals surface area contributed by atoms with Crippen molar-refractivity contribution in [2.75, 3.05) is 6.54 Å². The first-order chi connectivity index (χ1) is 12.6. The number of hydrogen-bond acceptors (Lipinski definition) is 6. The fraction of sp³-hybridized carbons (Fsp3) is 0.278. The number of carbonyl (C=O) groups is 1. The molecule has 4 heterocycles. The number of nitrogens with zero attached hydrogens (tertiary/aromatic N) is 5. The van der Waals surface area contributed by atoms with Gasteiger partial charge in [0.25, 0.3) is 5.56 Å². The molecule has 3 aromatic heterocycles. The molecule has 0 saturated carbocycles. The lowest BCUT2D eigenvalue weighted by molar-refractivity contribution is -0.133. The lowest BCUT2D eigenvalue weighted by Crippen LogP contribution is -2.40. The summed E-state index contributed by atoms with van der Waals surface area (Å²) >= 11 is 0. The topological polar surface area (TPSA) is 94.1 Å². The summed E-state index contributed by atoms with van der Waals surface area (Å²) < 4.78 is 7.01. The average Bonchev–Trinajstić information content (AvgIpc) is 3.08. The molecule has 0 spiro atoms. The monoisotopic (exact) mass is 351 g/mol. The third-order valence-corrected chi connectivity index (χ3v) is 4.27. The van der Waals surface area contributed by atoms with Gasteiger partial charge in [-0.05, 0) is 25.1 Å². The minimum absolute atomic E-state index is 0.0802. The number of hydrogen-bond donors (Lipinski definition) is 0. The Morgan fingerprint density at radius 1 is 1.31 bits per heavy atom. The summed E-state index contributed by atoms with van der Waals surface area (Å²) in [5.41, 5.74) is 1.95. The quantitative estimate of drug-likeness (QED) is 0.703. The van der Waals surface area contributed by atoms with Gasteiger partial charge in [0.1, 0.15) is 18.0 Å². The largest absolute Gasteiger partial charge is 0.441 e. The molecular formula is C18H17N5O3. The van der Waals surface area contributed by atoms with E-state index in [1.165, 1.54) is 10.7 Å². The van der Waals surface area contributed by atoms with Crippen LogP contribution in [0.5, 0.6) is 0 Å². The van der Waals surface area contributed by atoms with E-state index in [2.05, 4.69) is 15.1 Å². The van der Waals surface area contributed by atoms with Crippen molar-refractivity contribution in [1.29, 1.82) is 0 Å². The molecule has 0 saturated heterocycles. The van der Waals surface area contributed by atoms with Crippen molar-refractivity contribution >= 4 is 5.91 Å². The molecule has 4 rings (SSSR count). The van der Waals surface area contributed by atoms with E-state index in [1.54, 1.807) is 30.3 Å². The van der Waals surface area contributed by atoms with E-state index in [1.807, 2.05) is 12.1 Å². The van der Waals surface area contributed by atoms with Crippen LogP contribution in [0.15, 0.2) is 45.9 Å². The summed E-state index contributed by atoms with van der Waals surface area (Å²) in [4.78, 5) is 34.7. The number of aromatic nitrogens is 4. The molecule has 1 aliphatic rings. The van der Waals surface area contributed by atoms with Gasteiger partial charge in [0.15, 0.2) is 0 Å². The number of fused-ring (bicyclic) bond motifs is 1. The highest BCUT2D eigenvalue weighted by Crippen LogP contribution is 2.25. The second-order valence-corrected chi connectivity index (χ2v) is 6.17. The van der Waals surface area contributed by atoms with Gasteiger partial charge in [0.2, 0.25) is 11.8 Å². The maximum absolute atomic E-state index is 12.6. The first-order valence-corrected chi connectivity index (χ1v) is 8.31. The predicted octanol–water partition coefficient (Wildman–Crippen LogP) is 1.19. The second kappa shape index (κ2) is 6.55. The van der Waals surface area contributed by atoms with Crippen molar-refractivity contribution in [3.05, 3.63) is 64.2 Å². The zero-order valence-electron chi connectivity index (χ0n) is 14.3. The van der Waals surface area contributed by atoms with Crippen LogP contribution in [0.25, 0.3) is 11.5 Å². The van der Waals surface area contributed by atoms with Crippen molar-refractivity contribution in [2.45, 2.75) is 26.4 Å². The third-order valence-electron chi connectivity index (χ3n) is 4.27. The predicted molar refractivity (Wildman–Crippen MR) is 92.1 cm³/mol. The zero-order valence-corrected chi connectivity index (χ0v) is 14.3. The molecule has 1 amide bonds. The lowest BCUT2D eigenvalue weighted by atomic mass is 10.1. The maximum Gasteiger partial charge on any atom is 0.267 e. The lowest BCUT2D eigenvalue weighted by Gasteiger charge is -2.25. The highest BCUT2D eigenvalue weighted by molar-refractivity contribution is 5.76. The molecule has 3 aromatic rings. The van der Waals surface area contributed by atoms with E-state index in [-0.39, 0.29) is 18.0 Å². The van der Waals surface area contributed by atoms with E-state index >= 15 is 0 Å². The summed E-state index contributed by atoms with van der Waals surface area (Å²) in [6.45, 7) is 2.58. The molecule has 0 atom stereocenters. The Kier molecular flexibility index (Phi) is 4.08. The van der Waals surface area contributed by atoms with Gasteiger partial charge in [-0.3, -0.25) is 14.6 Å². The van der Waals surface area contributed by atoms with E-state index in [0.29, 0.717) is 31.1 Å². The van der Waals surface area contributed by atoms with Crippen molar-refractivity contribution < 1.29 is 9.21 Å². The SMILES string of the molecule is Cc1ccc(=O)n(CC(=O)N2CCc3oc(-c4cccnc4)nc3C2)n1. The molecule has 1 aliphatic heterocycles. The van der Waals surface area contributed by atoms with Crippen molar-refractivity contribution in [3.63, 3.8) is 0 Å². The summed E-state index contributed by atoms with van der Waals surface area (Å²) in [6.07, 6.45) is 3.97. The summed E-state index contributed by atoms with van der Waals surface area (Å²) in [7, 11) is 0. The van der Waals surface area contributed by atoms with E-state index in [4.69, 9.17) is 4.42 Å². The first kappa shape index (κ1) is 16.2. The highest BCUT2D eigenvalue weighted by Gasteiger charge is 2.26. The molecule has 0 bridgehead atoms. The van der Waals surface area contributed by atoms with Crippen molar-refractivity contribution in [1.82, 2.24) is 24.6 Å². The van der Waals surface area contributed by atoms with Crippen LogP contribution < -0.4 is 5.56 Å². The van der Waals surface area contributed by atoms with Crippen molar-refractivity contribution in [3.8, 4) is 11.5 Å². The Balaban J connectivity index is 1.51. The average molecular weight is 351 g/mol. The van der Waals surface area contributed by atoms with Gasteiger partial charge in [-0.1, -0.05) is 0 Å². The normalized spacial score (nSPS) is 13.5. The van der Waals surface area contributed by atoms with Gasteiger partial charge < -0.3 is 9.32 Å². The molecule has 26 heavy (non-hydrogen) atoms. The van der Waals surface area contributed by atoms with E-state index < -0.39 is 0 Å². The molecule has 132 valence electrons. The number of amides is 1. The Morgan fingerprint density at radius 3 is 3.00 bits per heavy atom. The van der Waals surface area contributed by atoms with E-state index in [9.17, 15) is 9.59 Å². The minimum Gasteiger partial charge on any atom is -0.441 e. The highest BCUT2D eigenvalue weighted by atomic mass is 16.4. The minimum atomic E-state index is -0.290. The summed E-state index contributed by atoms with van der Waals surface area (Å²) in [5.74, 6) is 1.13. The molecule has 0 N–H and O–H groups in total. The molecule has 0 unspecified atom stereocenters. The van der Waals surface area contributed by atoms with Crippen LogP contribution >= 0.6 is 0 Å². The number of aryl methyl sites for hydroxylation is 1. The van der Waals surface area contributed by atoms with Crippen molar-refractivity contribution in [2.24, 2.45) is 0 Å². The second-order valence-electron chi connectivity index (χ2n) is 6.17. The smallest absolute Gasteiger partial charge is 0.267 e. The third kappa shape index (κ3) is 3.13. The van der Waals surface area contributed by atoms with Gasteiger partial charge in [-0.25, -0.2) is 9.67 Å². The molecule has 8 heteroatoms. The Labute approximate surface area is 149 Å². The van der Waals surface area contributed by atoms with Gasteiger partial charge in [-0.2, -0.15) is 5.10 Å². The zero-order chi connectivity index (χ0) is 18.1. The van der Waals surface area contributed by atoms with E-state index in [0.717, 1.165) is 17.0 Å². The molecule has 8 nitrogen and oxygen atoms in total. The van der Waals surface area contributed by atoms with Gasteiger partial charge in [0, 0.05) is 31.4 Å². The number of pyridine rings is 1. The Morgan fingerprint density at radius 2 is 2.19 bits per heavy atom. The van der Waals surface area contributed by atoms with Crippen LogP contribution in [-0.4, -0.2) is 37.1 Å². The number of carbonyl (C=O) groups excluding carboxylic acids is 1. The van der Waals surface area contributed by atoms with Crippen LogP contribution in [0.2, 0.25) is 0 Å². The molecular weight excluding hydrogens is 334 g/mol. The summed E-state index contributed by atoms with van der Waals surface area (Å²) in [5, 5.41) is 4.11. The van der Waals surface area contributed by atoms with Gasteiger partial charge in [-0.15, -0.1) is 0 Å². The fourth-order valence-corrected chi connectivity index (χ4v) is 2.92. The van der Waals surface area contributed by atoms with Crippen LogP contribution in [0.1, 0.15) is 17.1 Å². The fourth-order valence-electron chi connectivity index (χ4n) is 2.92. The van der Waals surface area contributed by atoms with Crippen LogP contribution in [0.4, 0.5) is 0 Å². The maximum atomic E-state index is 12.6. The van der Waals surface area contributed by atoms with Crippen LogP contribution in [-0.2, 0) is 24.3 Å². The summed E-state index contributed by atoms with van der Waals surface area (Å²) in [6, 6.07) is 6.75. The Hall–Kier alpha value is -3.29. The Bertz CT molecular complexity index is 1010. The van der Waals surface area contributed by atoms with Crippen LogP contribution in [0, 0.1) is 6.92 Å². The van der Waals surface area contributed by atoms with Crippen LogP contribution in [0.3, 0.4) is 0 Å². The van der Waals surface area contributed by atoms with Gasteiger partial charge >= 0.3 is 0 Å². The molecule has 0 aliphatic carbocycles. The number of oxazole rings is 1. The standard InChI is InChI=1S/C18H17N5O3/c1-12-4-5-16(24)23(21-12)11-17(25)22-8-6-15-14(10-22)20-18(26-15)13-3-2-7-19-9-13/h2-5,7,9H,6,8,10-11H2,1H3. The van der Waals surface area contributed by atoms with Gasteiger partial charge in [0.05, 0.1) is 17.8 Å². The molecule has 0 aromatic carbocycles. The molecule has 0 radical (unpaired) electrons.